The van der Waals surface area contributed by atoms with Gasteiger partial charge in [-0.05, 0) is 42.3 Å². The number of ether oxygens (including phenoxy) is 1. The monoisotopic (exact) mass is 361 g/mol. The Kier molecular flexibility index (Phi) is 6.05. The normalized spacial score (nSPS) is 10.5. The number of amides is 1. The van der Waals surface area contributed by atoms with Gasteiger partial charge in [-0.1, -0.05) is 44.2 Å². The average Bonchev–Trinajstić information content (AvgIpc) is 2.69. The first-order chi connectivity index (χ1) is 13.1. The van der Waals surface area contributed by atoms with Gasteiger partial charge in [0.2, 0.25) is 0 Å². The van der Waals surface area contributed by atoms with E-state index in [1.807, 2.05) is 54.6 Å². The lowest BCUT2D eigenvalue weighted by atomic mass is 10.2. The van der Waals surface area contributed by atoms with E-state index < -0.39 is 0 Å². The van der Waals surface area contributed by atoms with Crippen LogP contribution in [-0.4, -0.2) is 17.4 Å². The summed E-state index contributed by atoms with van der Waals surface area (Å²) in [6, 6.07) is 20.3. The summed E-state index contributed by atoms with van der Waals surface area (Å²) < 4.78 is 5.90. The standard InChI is InChI=1S/C22H23N3O2/c1-16(2)15-24-21-14-17(12-13-23-21)22(26)25-19-10-6-7-11-20(19)27-18-8-4-3-5-9-18/h3-14,16H,15H2,1-2H3,(H,23,24)(H,25,26). The molecular formula is C22H23N3O2. The smallest absolute Gasteiger partial charge is 0.255 e. The number of nitrogens with zero attached hydrogens (tertiary/aromatic N) is 1. The fourth-order valence-corrected chi connectivity index (χ4v) is 2.45. The van der Waals surface area contributed by atoms with Crippen LogP contribution in [0.5, 0.6) is 11.5 Å². The molecule has 138 valence electrons. The van der Waals surface area contributed by atoms with Gasteiger partial charge in [-0.25, -0.2) is 4.98 Å². The third-order valence-electron chi connectivity index (χ3n) is 3.82. The van der Waals surface area contributed by atoms with Crippen LogP contribution >= 0.6 is 0 Å². The van der Waals surface area contributed by atoms with Crippen LogP contribution in [0.3, 0.4) is 0 Å². The summed E-state index contributed by atoms with van der Waals surface area (Å²) in [5.74, 6) is 2.26. The van der Waals surface area contributed by atoms with Crippen LogP contribution in [0.1, 0.15) is 24.2 Å². The summed E-state index contributed by atoms with van der Waals surface area (Å²) in [7, 11) is 0. The molecule has 5 heteroatoms. The maximum atomic E-state index is 12.7. The van der Waals surface area contributed by atoms with Gasteiger partial charge in [-0.2, -0.15) is 0 Å². The van der Waals surface area contributed by atoms with Crippen LogP contribution in [0.25, 0.3) is 0 Å². The number of benzene rings is 2. The van der Waals surface area contributed by atoms with Gasteiger partial charge in [-0.15, -0.1) is 0 Å². The molecule has 0 aliphatic heterocycles. The molecule has 2 aromatic carbocycles. The fraction of sp³-hybridized carbons (Fsp3) is 0.182. The van der Waals surface area contributed by atoms with Crippen LogP contribution < -0.4 is 15.4 Å². The maximum Gasteiger partial charge on any atom is 0.255 e. The molecule has 0 aliphatic carbocycles. The van der Waals surface area contributed by atoms with Gasteiger partial charge in [0.05, 0.1) is 5.69 Å². The summed E-state index contributed by atoms with van der Waals surface area (Å²) in [4.78, 5) is 16.9. The molecule has 0 radical (unpaired) electrons. The van der Waals surface area contributed by atoms with Crippen molar-refractivity contribution in [2.75, 3.05) is 17.2 Å². The van der Waals surface area contributed by atoms with Crippen LogP contribution in [0.2, 0.25) is 0 Å². The Morgan fingerprint density at radius 1 is 1.04 bits per heavy atom. The quantitative estimate of drug-likeness (QED) is 0.607. The van der Waals surface area contributed by atoms with Gasteiger partial charge in [0.15, 0.2) is 5.75 Å². The molecule has 0 spiro atoms. The number of aromatic nitrogens is 1. The van der Waals surface area contributed by atoms with Crippen molar-refractivity contribution in [1.82, 2.24) is 4.98 Å². The number of hydrogen-bond donors (Lipinski definition) is 2. The van der Waals surface area contributed by atoms with Crippen molar-refractivity contribution < 1.29 is 9.53 Å². The minimum Gasteiger partial charge on any atom is -0.455 e. The van der Waals surface area contributed by atoms with Crippen molar-refractivity contribution in [2.45, 2.75) is 13.8 Å². The lowest BCUT2D eigenvalue weighted by molar-refractivity contribution is 0.102. The maximum absolute atomic E-state index is 12.7. The van der Waals surface area contributed by atoms with Crippen molar-refractivity contribution >= 4 is 17.4 Å². The highest BCUT2D eigenvalue weighted by Crippen LogP contribution is 2.29. The van der Waals surface area contributed by atoms with E-state index in [-0.39, 0.29) is 5.91 Å². The second-order valence-corrected chi connectivity index (χ2v) is 6.57. The molecule has 1 aromatic heterocycles. The molecule has 1 amide bonds. The first-order valence-corrected chi connectivity index (χ1v) is 8.95. The molecule has 0 aliphatic rings. The zero-order valence-corrected chi connectivity index (χ0v) is 15.5. The number of rotatable bonds is 7. The van der Waals surface area contributed by atoms with Crippen LogP contribution in [0.15, 0.2) is 72.9 Å². The molecule has 5 nitrogen and oxygen atoms in total. The second kappa shape index (κ2) is 8.85. The molecule has 0 bridgehead atoms. The highest BCUT2D eigenvalue weighted by molar-refractivity contribution is 6.05. The van der Waals surface area contributed by atoms with Crippen molar-refractivity contribution in [3.05, 3.63) is 78.5 Å². The first kappa shape index (κ1) is 18.5. The molecule has 3 aromatic rings. The molecular weight excluding hydrogens is 338 g/mol. The van der Waals surface area contributed by atoms with Gasteiger partial charge >= 0.3 is 0 Å². The van der Waals surface area contributed by atoms with Gasteiger partial charge in [0, 0.05) is 18.3 Å². The van der Waals surface area contributed by atoms with Crippen LogP contribution in [0.4, 0.5) is 11.5 Å². The van der Waals surface area contributed by atoms with Crippen molar-refractivity contribution in [1.29, 1.82) is 0 Å². The van der Waals surface area contributed by atoms with E-state index in [1.54, 1.807) is 18.3 Å². The molecule has 0 atom stereocenters. The Balaban J connectivity index is 1.74. The zero-order valence-electron chi connectivity index (χ0n) is 15.5. The lowest BCUT2D eigenvalue weighted by Gasteiger charge is -2.13. The van der Waals surface area contributed by atoms with Gasteiger partial charge in [0.1, 0.15) is 11.6 Å². The zero-order chi connectivity index (χ0) is 19.1. The second-order valence-electron chi connectivity index (χ2n) is 6.57. The van der Waals surface area contributed by atoms with Crippen LogP contribution in [0, 0.1) is 5.92 Å². The van der Waals surface area contributed by atoms with E-state index in [2.05, 4.69) is 29.5 Å². The topological polar surface area (TPSA) is 63.2 Å². The van der Waals surface area contributed by atoms with E-state index in [1.165, 1.54) is 0 Å². The summed E-state index contributed by atoms with van der Waals surface area (Å²) in [6.45, 7) is 5.03. The Bertz CT molecular complexity index is 895. The largest absolute Gasteiger partial charge is 0.455 e. The number of carbonyl (C=O) groups is 1. The molecule has 27 heavy (non-hydrogen) atoms. The van der Waals surface area contributed by atoms with Gasteiger partial charge < -0.3 is 15.4 Å². The Morgan fingerprint density at radius 2 is 1.78 bits per heavy atom. The molecule has 0 fully saturated rings. The van der Waals surface area contributed by atoms with Gasteiger partial charge in [-0.3, -0.25) is 4.79 Å². The van der Waals surface area contributed by atoms with E-state index in [0.717, 1.165) is 6.54 Å². The Morgan fingerprint density at radius 3 is 2.56 bits per heavy atom. The first-order valence-electron chi connectivity index (χ1n) is 8.95. The Labute approximate surface area is 159 Å². The highest BCUT2D eigenvalue weighted by Gasteiger charge is 2.11. The van der Waals surface area contributed by atoms with E-state index >= 15 is 0 Å². The van der Waals surface area contributed by atoms with Crippen molar-refractivity contribution in [3.63, 3.8) is 0 Å². The summed E-state index contributed by atoms with van der Waals surface area (Å²) in [5.41, 5.74) is 1.14. The third-order valence-corrected chi connectivity index (χ3v) is 3.82. The predicted octanol–water partition coefficient (Wildman–Crippen LogP) is 5.19. The fourth-order valence-electron chi connectivity index (χ4n) is 2.45. The SMILES string of the molecule is CC(C)CNc1cc(C(=O)Nc2ccccc2Oc2ccccc2)ccn1. The Hall–Kier alpha value is -3.34. The summed E-state index contributed by atoms with van der Waals surface area (Å²) in [5, 5.41) is 6.15. The highest BCUT2D eigenvalue weighted by atomic mass is 16.5. The molecule has 0 saturated heterocycles. The molecule has 1 heterocycles. The van der Waals surface area contributed by atoms with Crippen LogP contribution in [-0.2, 0) is 0 Å². The average molecular weight is 361 g/mol. The molecule has 0 saturated carbocycles. The number of anilines is 2. The number of carbonyl (C=O) groups excluding carboxylic acids is 1. The van der Waals surface area contributed by atoms with Gasteiger partial charge in [0.25, 0.3) is 5.91 Å². The van der Waals surface area contributed by atoms with Crippen molar-refractivity contribution in [2.24, 2.45) is 5.92 Å². The van der Waals surface area contributed by atoms with E-state index in [4.69, 9.17) is 4.74 Å². The molecule has 3 rings (SSSR count). The van der Waals surface area contributed by atoms with E-state index in [9.17, 15) is 4.79 Å². The minimum absolute atomic E-state index is 0.214. The van der Waals surface area contributed by atoms with E-state index in [0.29, 0.717) is 34.5 Å². The predicted molar refractivity (Wildman–Crippen MR) is 108 cm³/mol. The minimum atomic E-state index is -0.214. The summed E-state index contributed by atoms with van der Waals surface area (Å²) >= 11 is 0. The molecule has 2 N–H and O–H groups in total. The lowest BCUT2D eigenvalue weighted by Crippen LogP contribution is -2.14. The number of para-hydroxylation sites is 3. The van der Waals surface area contributed by atoms with Crippen molar-refractivity contribution in [3.8, 4) is 11.5 Å². The summed E-state index contributed by atoms with van der Waals surface area (Å²) in [6.07, 6.45) is 1.63. The number of nitrogens with one attached hydrogen (secondary N) is 2. The number of hydrogen-bond acceptors (Lipinski definition) is 4. The third kappa shape index (κ3) is 5.31. The number of pyridine rings is 1. The molecule has 0 unspecified atom stereocenters.